The minimum Gasteiger partial charge on any atom is -0.345 e. The molecule has 1 aromatic heterocycles. The van der Waals surface area contributed by atoms with Gasteiger partial charge in [-0.05, 0) is 20.0 Å². The monoisotopic (exact) mass is 195 g/mol. The lowest BCUT2D eigenvalue weighted by Gasteiger charge is -2.11. The maximum atomic E-state index is 11.5. The van der Waals surface area contributed by atoms with Gasteiger partial charge >= 0.3 is 0 Å². The van der Waals surface area contributed by atoms with E-state index in [2.05, 4.69) is 25.4 Å². The number of hydrogen-bond donors (Lipinski definition) is 2. The number of likely N-dealkylation sites (tertiary alicyclic amines) is 1. The maximum Gasteiger partial charge on any atom is 0.288 e. The van der Waals surface area contributed by atoms with Gasteiger partial charge in [0.25, 0.3) is 5.91 Å². The summed E-state index contributed by atoms with van der Waals surface area (Å²) in [5, 5.41) is 9.06. The highest BCUT2D eigenvalue weighted by molar-refractivity contribution is 5.90. The van der Waals surface area contributed by atoms with E-state index in [1.165, 1.54) is 6.33 Å². The smallest absolute Gasteiger partial charge is 0.288 e. The summed E-state index contributed by atoms with van der Waals surface area (Å²) >= 11 is 0. The lowest BCUT2D eigenvalue weighted by molar-refractivity contribution is 0.0928. The number of nitrogens with zero attached hydrogens (tertiary/aromatic N) is 3. The summed E-state index contributed by atoms with van der Waals surface area (Å²) < 4.78 is 0. The molecule has 2 rings (SSSR count). The molecule has 1 saturated heterocycles. The molecule has 2 N–H and O–H groups in total. The van der Waals surface area contributed by atoms with Crippen LogP contribution in [-0.2, 0) is 0 Å². The Morgan fingerprint density at radius 2 is 2.64 bits per heavy atom. The standard InChI is InChI=1S/C8H13N5O/c1-13-3-2-6(4-13)11-8(14)7-9-5-10-12-7/h5-6H,2-4H2,1H3,(H,11,14)(H,9,10,12). The fraction of sp³-hybridized carbons (Fsp3) is 0.625. The highest BCUT2D eigenvalue weighted by Crippen LogP contribution is 2.06. The zero-order valence-electron chi connectivity index (χ0n) is 8.03. The first-order chi connectivity index (χ1) is 6.75. The third kappa shape index (κ3) is 1.90. The van der Waals surface area contributed by atoms with E-state index in [1.807, 2.05) is 7.05 Å². The molecule has 1 fully saturated rings. The molecular formula is C8H13N5O. The third-order valence-electron chi connectivity index (χ3n) is 2.36. The second kappa shape index (κ2) is 3.75. The summed E-state index contributed by atoms with van der Waals surface area (Å²) in [7, 11) is 2.04. The quantitative estimate of drug-likeness (QED) is 0.650. The first kappa shape index (κ1) is 9.14. The Hall–Kier alpha value is -1.43. The van der Waals surface area contributed by atoms with Crippen LogP contribution in [0, 0.1) is 0 Å². The molecule has 14 heavy (non-hydrogen) atoms. The Morgan fingerprint density at radius 1 is 1.79 bits per heavy atom. The molecule has 0 aromatic carbocycles. The molecule has 6 heteroatoms. The SMILES string of the molecule is CN1CCC(NC(=O)c2ncn[nH]2)C1. The zero-order valence-corrected chi connectivity index (χ0v) is 8.03. The van der Waals surface area contributed by atoms with Crippen molar-refractivity contribution >= 4 is 5.91 Å². The van der Waals surface area contributed by atoms with Gasteiger partial charge in [-0.2, -0.15) is 5.10 Å². The van der Waals surface area contributed by atoms with Crippen molar-refractivity contribution in [2.24, 2.45) is 0 Å². The summed E-state index contributed by atoms with van der Waals surface area (Å²) in [4.78, 5) is 17.5. The Kier molecular flexibility index (Phi) is 2.45. The molecule has 0 bridgehead atoms. The van der Waals surface area contributed by atoms with Gasteiger partial charge in [0.2, 0.25) is 5.82 Å². The summed E-state index contributed by atoms with van der Waals surface area (Å²) in [5.74, 6) is 0.0994. The van der Waals surface area contributed by atoms with Gasteiger partial charge in [-0.15, -0.1) is 0 Å². The molecule has 1 aliphatic heterocycles. The number of carbonyl (C=O) groups is 1. The van der Waals surface area contributed by atoms with E-state index in [0.29, 0.717) is 0 Å². The Balaban J connectivity index is 1.89. The lowest BCUT2D eigenvalue weighted by Crippen LogP contribution is -2.37. The number of H-pyrrole nitrogens is 1. The average molecular weight is 195 g/mol. The Bertz CT molecular complexity index is 310. The van der Waals surface area contributed by atoms with Crippen molar-refractivity contribution < 1.29 is 4.79 Å². The van der Waals surface area contributed by atoms with Gasteiger partial charge in [0.15, 0.2) is 0 Å². The lowest BCUT2D eigenvalue weighted by atomic mass is 10.2. The van der Waals surface area contributed by atoms with Crippen LogP contribution in [0.3, 0.4) is 0 Å². The van der Waals surface area contributed by atoms with Crippen molar-refractivity contribution in [3.63, 3.8) is 0 Å². The van der Waals surface area contributed by atoms with Crippen LogP contribution in [0.15, 0.2) is 6.33 Å². The van der Waals surface area contributed by atoms with Crippen molar-refractivity contribution in [1.82, 2.24) is 25.4 Å². The van der Waals surface area contributed by atoms with Crippen LogP contribution in [0.1, 0.15) is 17.0 Å². The predicted octanol–water partition coefficient (Wildman–Crippen LogP) is -0.761. The molecule has 6 nitrogen and oxygen atoms in total. The van der Waals surface area contributed by atoms with Gasteiger partial charge in [-0.25, -0.2) is 4.98 Å². The maximum absolute atomic E-state index is 11.5. The van der Waals surface area contributed by atoms with E-state index in [-0.39, 0.29) is 17.8 Å². The number of aromatic amines is 1. The first-order valence-electron chi connectivity index (χ1n) is 4.60. The molecule has 1 aliphatic rings. The molecule has 0 spiro atoms. The average Bonchev–Trinajstić information content (AvgIpc) is 2.75. The summed E-state index contributed by atoms with van der Waals surface area (Å²) in [5.41, 5.74) is 0. The van der Waals surface area contributed by atoms with Crippen LogP contribution in [0.25, 0.3) is 0 Å². The highest BCUT2D eigenvalue weighted by Gasteiger charge is 2.22. The number of carbonyl (C=O) groups excluding carboxylic acids is 1. The molecule has 2 heterocycles. The molecule has 1 atom stereocenters. The third-order valence-corrected chi connectivity index (χ3v) is 2.36. The van der Waals surface area contributed by atoms with E-state index >= 15 is 0 Å². The molecule has 0 saturated carbocycles. The molecule has 0 aliphatic carbocycles. The second-order valence-electron chi connectivity index (χ2n) is 3.56. The zero-order chi connectivity index (χ0) is 9.97. The largest absolute Gasteiger partial charge is 0.345 e. The van der Waals surface area contributed by atoms with Crippen molar-refractivity contribution in [2.45, 2.75) is 12.5 Å². The van der Waals surface area contributed by atoms with Gasteiger partial charge < -0.3 is 10.2 Å². The molecule has 1 amide bonds. The van der Waals surface area contributed by atoms with Gasteiger partial charge in [0, 0.05) is 12.6 Å². The first-order valence-corrected chi connectivity index (χ1v) is 4.60. The number of hydrogen-bond acceptors (Lipinski definition) is 4. The van der Waals surface area contributed by atoms with Crippen LogP contribution in [0.5, 0.6) is 0 Å². The molecular weight excluding hydrogens is 182 g/mol. The minimum absolute atomic E-state index is 0.178. The van der Waals surface area contributed by atoms with Gasteiger partial charge in [0.05, 0.1) is 0 Å². The van der Waals surface area contributed by atoms with Crippen molar-refractivity contribution in [1.29, 1.82) is 0 Å². The Labute approximate surface area is 81.7 Å². The number of rotatable bonds is 2. The normalized spacial score (nSPS) is 22.5. The summed E-state index contributed by atoms with van der Waals surface area (Å²) in [6.07, 6.45) is 2.33. The van der Waals surface area contributed by atoms with Crippen molar-refractivity contribution in [3.8, 4) is 0 Å². The van der Waals surface area contributed by atoms with E-state index < -0.39 is 0 Å². The van der Waals surface area contributed by atoms with E-state index in [1.54, 1.807) is 0 Å². The van der Waals surface area contributed by atoms with Gasteiger partial charge in [0.1, 0.15) is 6.33 Å². The minimum atomic E-state index is -0.178. The van der Waals surface area contributed by atoms with Crippen molar-refractivity contribution in [2.75, 3.05) is 20.1 Å². The highest BCUT2D eigenvalue weighted by atomic mass is 16.2. The van der Waals surface area contributed by atoms with Crippen LogP contribution < -0.4 is 5.32 Å². The summed E-state index contributed by atoms with van der Waals surface area (Å²) in [6.45, 7) is 1.93. The van der Waals surface area contributed by atoms with Crippen LogP contribution in [0.4, 0.5) is 0 Å². The van der Waals surface area contributed by atoms with Crippen LogP contribution in [0.2, 0.25) is 0 Å². The summed E-state index contributed by atoms with van der Waals surface area (Å²) in [6, 6.07) is 0.234. The predicted molar refractivity (Wildman–Crippen MR) is 49.8 cm³/mol. The van der Waals surface area contributed by atoms with Crippen LogP contribution in [-0.4, -0.2) is 52.2 Å². The molecule has 1 unspecified atom stereocenters. The van der Waals surface area contributed by atoms with Gasteiger partial charge in [-0.1, -0.05) is 0 Å². The van der Waals surface area contributed by atoms with E-state index in [0.717, 1.165) is 19.5 Å². The molecule has 1 aromatic rings. The Morgan fingerprint density at radius 3 is 3.21 bits per heavy atom. The second-order valence-corrected chi connectivity index (χ2v) is 3.56. The van der Waals surface area contributed by atoms with Crippen molar-refractivity contribution in [3.05, 3.63) is 12.2 Å². The number of amides is 1. The molecule has 76 valence electrons. The number of likely N-dealkylation sites (N-methyl/N-ethyl adjacent to an activating group) is 1. The fourth-order valence-electron chi connectivity index (χ4n) is 1.62. The topological polar surface area (TPSA) is 73.9 Å². The van der Waals surface area contributed by atoms with Crippen LogP contribution >= 0.6 is 0 Å². The van der Waals surface area contributed by atoms with E-state index in [4.69, 9.17) is 0 Å². The van der Waals surface area contributed by atoms with Gasteiger partial charge in [-0.3, -0.25) is 9.89 Å². The van der Waals surface area contributed by atoms with E-state index in [9.17, 15) is 4.79 Å². The fourth-order valence-corrected chi connectivity index (χ4v) is 1.62. The number of nitrogens with one attached hydrogen (secondary N) is 2. The molecule has 0 radical (unpaired) electrons. The number of aromatic nitrogens is 3.